The Morgan fingerprint density at radius 1 is 0.893 bits per heavy atom. The molecule has 2 saturated carbocycles. The number of carbonyl (C=O) groups is 1. The fourth-order valence-electron chi connectivity index (χ4n) is 4.49. The Hall–Kier alpha value is -1.51. The van der Waals surface area contributed by atoms with Crippen LogP contribution in [-0.2, 0) is 17.6 Å². The van der Waals surface area contributed by atoms with E-state index in [-0.39, 0.29) is 5.41 Å². The van der Waals surface area contributed by atoms with Crippen LogP contribution in [0, 0.1) is 10.8 Å². The Balaban J connectivity index is 1.34. The van der Waals surface area contributed by atoms with Crippen LogP contribution in [0.1, 0.15) is 102 Å². The summed E-state index contributed by atoms with van der Waals surface area (Å²) in [5.74, 6) is -0.153. The Bertz CT molecular complexity index is 656. The first-order valence-electron chi connectivity index (χ1n) is 11.5. The van der Waals surface area contributed by atoms with E-state index >= 15 is 0 Å². The molecule has 28 heavy (non-hydrogen) atoms. The predicted octanol–water partition coefficient (Wildman–Crippen LogP) is 6.65. The highest BCUT2D eigenvalue weighted by Gasteiger charge is 2.49. The molecule has 0 aromatic heterocycles. The molecule has 2 N–H and O–H groups in total. The molecule has 0 heterocycles. The molecule has 1 aromatic rings. The highest BCUT2D eigenvalue weighted by molar-refractivity contribution is 5.77. The standard InChI is InChI=1S/C25H38O3/c1-24(16-17-24)14-7-3-2-6-12-21-20(11-9-13-22(21)26)10-5-4-8-15-25(18-19-25)23(27)28/h9,11,13,26H,2-8,10,12,14-19H2,1H3,(H,27,28). The van der Waals surface area contributed by atoms with Crippen molar-refractivity contribution in [2.75, 3.05) is 0 Å². The molecule has 2 aliphatic rings. The molecule has 0 radical (unpaired) electrons. The first-order chi connectivity index (χ1) is 13.4. The van der Waals surface area contributed by atoms with Crippen LogP contribution in [0.15, 0.2) is 18.2 Å². The molecule has 0 aliphatic heterocycles. The summed E-state index contributed by atoms with van der Waals surface area (Å²) in [6, 6.07) is 5.92. The van der Waals surface area contributed by atoms with Crippen LogP contribution in [0.25, 0.3) is 0 Å². The number of aliphatic carboxylic acids is 1. The van der Waals surface area contributed by atoms with Gasteiger partial charge in [0.1, 0.15) is 5.75 Å². The summed E-state index contributed by atoms with van der Waals surface area (Å²) in [4.78, 5) is 11.2. The van der Waals surface area contributed by atoms with Gasteiger partial charge in [0.2, 0.25) is 0 Å². The molecule has 3 rings (SSSR count). The van der Waals surface area contributed by atoms with Crippen molar-refractivity contribution in [2.24, 2.45) is 10.8 Å². The second-order valence-electron chi connectivity index (χ2n) is 9.79. The second kappa shape index (κ2) is 9.33. The van der Waals surface area contributed by atoms with Gasteiger partial charge in [0.15, 0.2) is 0 Å². The molecule has 0 unspecified atom stereocenters. The smallest absolute Gasteiger partial charge is 0.309 e. The molecule has 0 bridgehead atoms. The zero-order chi connectivity index (χ0) is 20.0. The first kappa shape index (κ1) is 21.2. The van der Waals surface area contributed by atoms with Crippen molar-refractivity contribution in [3.05, 3.63) is 29.3 Å². The van der Waals surface area contributed by atoms with Gasteiger partial charge in [-0.05, 0) is 86.8 Å². The molecule has 2 fully saturated rings. The van der Waals surface area contributed by atoms with Crippen molar-refractivity contribution >= 4 is 5.97 Å². The molecule has 0 amide bonds. The van der Waals surface area contributed by atoms with Gasteiger partial charge in [-0.2, -0.15) is 0 Å². The number of phenols is 1. The molecular weight excluding hydrogens is 348 g/mol. The van der Waals surface area contributed by atoms with Crippen LogP contribution >= 0.6 is 0 Å². The number of aromatic hydroxyl groups is 1. The quantitative estimate of drug-likeness (QED) is 0.352. The maximum absolute atomic E-state index is 11.2. The van der Waals surface area contributed by atoms with Crippen LogP contribution in [0.2, 0.25) is 0 Å². The van der Waals surface area contributed by atoms with Gasteiger partial charge in [-0.25, -0.2) is 0 Å². The van der Waals surface area contributed by atoms with Gasteiger partial charge in [0.05, 0.1) is 5.41 Å². The summed E-state index contributed by atoms with van der Waals surface area (Å²) in [5, 5.41) is 19.6. The van der Waals surface area contributed by atoms with Crippen LogP contribution in [0.4, 0.5) is 0 Å². The topological polar surface area (TPSA) is 57.5 Å². The lowest BCUT2D eigenvalue weighted by molar-refractivity contribution is -0.143. The average molecular weight is 387 g/mol. The van der Waals surface area contributed by atoms with Crippen molar-refractivity contribution < 1.29 is 15.0 Å². The van der Waals surface area contributed by atoms with E-state index in [1.807, 2.05) is 12.1 Å². The lowest BCUT2D eigenvalue weighted by Crippen LogP contribution is -2.14. The number of hydrogen-bond acceptors (Lipinski definition) is 2. The minimum atomic E-state index is -0.603. The van der Waals surface area contributed by atoms with Crippen LogP contribution in [0.3, 0.4) is 0 Å². The lowest BCUT2D eigenvalue weighted by Gasteiger charge is -2.13. The summed E-state index contributed by atoms with van der Waals surface area (Å²) in [6.45, 7) is 2.41. The third-order valence-electron chi connectivity index (χ3n) is 7.22. The number of rotatable bonds is 14. The van der Waals surface area contributed by atoms with Gasteiger partial charge in [-0.1, -0.05) is 51.2 Å². The summed E-state index contributed by atoms with van der Waals surface area (Å²) in [5.41, 5.74) is 2.72. The summed E-state index contributed by atoms with van der Waals surface area (Å²) in [6.07, 6.45) is 17.0. The van der Waals surface area contributed by atoms with Crippen molar-refractivity contribution in [3.8, 4) is 5.75 Å². The third kappa shape index (κ3) is 5.99. The van der Waals surface area contributed by atoms with Crippen molar-refractivity contribution in [3.63, 3.8) is 0 Å². The fourth-order valence-corrected chi connectivity index (χ4v) is 4.49. The number of aryl methyl sites for hydroxylation is 1. The number of carboxylic acid groups (broad SMARTS) is 1. The lowest BCUT2D eigenvalue weighted by atomic mass is 9.94. The van der Waals surface area contributed by atoms with E-state index in [1.54, 1.807) is 0 Å². The summed E-state index contributed by atoms with van der Waals surface area (Å²) >= 11 is 0. The van der Waals surface area contributed by atoms with E-state index in [4.69, 9.17) is 0 Å². The van der Waals surface area contributed by atoms with Gasteiger partial charge < -0.3 is 10.2 Å². The Morgan fingerprint density at radius 2 is 1.54 bits per heavy atom. The van der Waals surface area contributed by atoms with Crippen LogP contribution in [-0.4, -0.2) is 16.2 Å². The first-order valence-corrected chi connectivity index (χ1v) is 11.5. The van der Waals surface area contributed by atoms with Gasteiger partial charge >= 0.3 is 5.97 Å². The summed E-state index contributed by atoms with van der Waals surface area (Å²) < 4.78 is 0. The number of phenolic OH excluding ortho intramolecular Hbond substituents is 1. The van der Waals surface area contributed by atoms with Crippen LogP contribution in [0.5, 0.6) is 5.75 Å². The Kier molecular flexibility index (Phi) is 7.06. The fraction of sp³-hybridized carbons (Fsp3) is 0.720. The molecule has 156 valence electrons. The predicted molar refractivity (Wildman–Crippen MR) is 114 cm³/mol. The van der Waals surface area contributed by atoms with Gasteiger partial charge in [0.25, 0.3) is 0 Å². The molecule has 0 saturated heterocycles. The number of benzene rings is 1. The monoisotopic (exact) mass is 386 g/mol. The minimum absolute atomic E-state index is 0.382. The second-order valence-corrected chi connectivity index (χ2v) is 9.79. The van der Waals surface area contributed by atoms with E-state index in [1.165, 1.54) is 44.1 Å². The molecule has 1 aromatic carbocycles. The molecule has 0 spiro atoms. The van der Waals surface area contributed by atoms with E-state index in [2.05, 4.69) is 13.0 Å². The zero-order valence-electron chi connectivity index (χ0n) is 17.6. The number of unbranched alkanes of at least 4 members (excludes halogenated alkanes) is 5. The highest BCUT2D eigenvalue weighted by Crippen LogP contribution is 2.50. The number of carboxylic acids is 1. The van der Waals surface area contributed by atoms with Crippen molar-refractivity contribution in [2.45, 2.75) is 103 Å². The van der Waals surface area contributed by atoms with Gasteiger partial charge in [-0.3, -0.25) is 4.79 Å². The largest absolute Gasteiger partial charge is 0.508 e. The maximum Gasteiger partial charge on any atom is 0.309 e. The highest BCUT2D eigenvalue weighted by atomic mass is 16.4. The third-order valence-corrected chi connectivity index (χ3v) is 7.22. The molecule has 3 nitrogen and oxygen atoms in total. The zero-order valence-corrected chi connectivity index (χ0v) is 17.6. The number of hydrogen-bond donors (Lipinski definition) is 2. The molecule has 2 aliphatic carbocycles. The normalized spacial score (nSPS) is 18.8. The molecule has 3 heteroatoms. The van der Waals surface area contributed by atoms with Gasteiger partial charge in [0, 0.05) is 0 Å². The summed E-state index contributed by atoms with van der Waals surface area (Å²) in [7, 11) is 0. The van der Waals surface area contributed by atoms with E-state index in [0.717, 1.165) is 63.4 Å². The average Bonchev–Trinajstić information content (AvgIpc) is 3.58. The van der Waals surface area contributed by atoms with Crippen LogP contribution < -0.4 is 0 Å². The molecule has 0 atom stereocenters. The van der Waals surface area contributed by atoms with Crippen molar-refractivity contribution in [1.82, 2.24) is 0 Å². The van der Waals surface area contributed by atoms with E-state index < -0.39 is 5.97 Å². The molecular formula is C25H38O3. The SMILES string of the molecule is CC1(CCCCCCc2c(O)cccc2CCCCCC2(C(=O)O)CC2)CC1. The van der Waals surface area contributed by atoms with E-state index in [0.29, 0.717) is 11.2 Å². The minimum Gasteiger partial charge on any atom is -0.508 e. The van der Waals surface area contributed by atoms with Crippen molar-refractivity contribution in [1.29, 1.82) is 0 Å². The maximum atomic E-state index is 11.2. The van der Waals surface area contributed by atoms with Gasteiger partial charge in [-0.15, -0.1) is 0 Å². The Labute approximate surface area is 170 Å². The van der Waals surface area contributed by atoms with E-state index in [9.17, 15) is 15.0 Å². The Morgan fingerprint density at radius 3 is 2.21 bits per heavy atom.